The fourth-order valence-corrected chi connectivity index (χ4v) is 4.33. The largest absolute Gasteiger partial charge is 0.324 e. The van der Waals surface area contributed by atoms with Gasteiger partial charge in [-0.1, -0.05) is 41.9 Å². The van der Waals surface area contributed by atoms with E-state index < -0.39 is 0 Å². The highest BCUT2D eigenvalue weighted by molar-refractivity contribution is 6.30. The number of imide groups is 1. The minimum absolute atomic E-state index is 0.0783. The average Bonchev–Trinajstić information content (AvgIpc) is 2.98. The van der Waals surface area contributed by atoms with E-state index in [9.17, 15) is 9.59 Å². The Balaban J connectivity index is 1.44. The molecule has 5 heteroatoms. The Labute approximate surface area is 158 Å². The summed E-state index contributed by atoms with van der Waals surface area (Å²) in [5, 5.41) is 0.595. The van der Waals surface area contributed by atoms with Crippen molar-refractivity contribution in [3.63, 3.8) is 0 Å². The van der Waals surface area contributed by atoms with Gasteiger partial charge in [0, 0.05) is 17.9 Å². The van der Waals surface area contributed by atoms with Gasteiger partial charge in [0.1, 0.15) is 0 Å². The van der Waals surface area contributed by atoms with Crippen LogP contribution in [0.15, 0.2) is 54.6 Å². The van der Waals surface area contributed by atoms with E-state index in [1.807, 2.05) is 6.07 Å². The molecule has 2 aromatic carbocycles. The first-order chi connectivity index (χ1) is 12.6. The molecule has 0 unspecified atom stereocenters. The molecule has 2 saturated heterocycles. The lowest BCUT2D eigenvalue weighted by molar-refractivity contribution is -0.920. The minimum atomic E-state index is -0.255. The van der Waals surface area contributed by atoms with Crippen LogP contribution in [-0.2, 0) is 9.59 Å². The number of carbonyl (C=O) groups excluding carboxylic acids is 2. The third-order valence-electron chi connectivity index (χ3n) is 5.62. The second-order valence-corrected chi connectivity index (χ2v) is 7.58. The van der Waals surface area contributed by atoms with Crippen LogP contribution >= 0.6 is 11.6 Å². The number of halogens is 1. The summed E-state index contributed by atoms with van der Waals surface area (Å²) in [6.07, 6.45) is 2.41. The standard InChI is InChI=1S/C21H21ClN2O2/c22-17-6-8-18(9-7-17)24-20(25)14-19(21(24)26)23-12-10-16(11-13-23)15-4-2-1-3-5-15/h1-9,16,19H,10-14H2/p+1/t19-/m1/s1. The van der Waals surface area contributed by atoms with Crippen molar-refractivity contribution in [3.8, 4) is 0 Å². The molecule has 0 spiro atoms. The molecular weight excluding hydrogens is 348 g/mol. The molecular formula is C21H22ClN2O2+. The van der Waals surface area contributed by atoms with Crippen LogP contribution in [-0.4, -0.2) is 30.9 Å². The first-order valence-corrected chi connectivity index (χ1v) is 9.53. The quantitative estimate of drug-likeness (QED) is 0.844. The Morgan fingerprint density at radius 2 is 1.58 bits per heavy atom. The first-order valence-electron chi connectivity index (χ1n) is 9.15. The zero-order valence-electron chi connectivity index (χ0n) is 14.5. The van der Waals surface area contributed by atoms with E-state index in [1.54, 1.807) is 24.3 Å². The molecule has 2 heterocycles. The van der Waals surface area contributed by atoms with E-state index in [0.717, 1.165) is 25.9 Å². The number of anilines is 1. The van der Waals surface area contributed by atoms with Gasteiger partial charge < -0.3 is 4.90 Å². The molecule has 0 bridgehead atoms. The normalized spacial score (nSPS) is 26.3. The van der Waals surface area contributed by atoms with Gasteiger partial charge in [-0.05, 0) is 35.7 Å². The lowest BCUT2D eigenvalue weighted by Gasteiger charge is -2.32. The monoisotopic (exact) mass is 369 g/mol. The number of nitrogens with zero attached hydrogens (tertiary/aromatic N) is 1. The number of piperidine rings is 1. The van der Waals surface area contributed by atoms with Crippen molar-refractivity contribution in [3.05, 3.63) is 65.2 Å². The van der Waals surface area contributed by atoms with E-state index in [2.05, 4.69) is 24.3 Å². The second-order valence-electron chi connectivity index (χ2n) is 7.14. The van der Waals surface area contributed by atoms with Crippen LogP contribution in [0, 0.1) is 0 Å². The van der Waals surface area contributed by atoms with Crippen LogP contribution < -0.4 is 9.80 Å². The fraction of sp³-hybridized carbons (Fsp3) is 0.333. The zero-order valence-corrected chi connectivity index (χ0v) is 15.3. The molecule has 0 aromatic heterocycles. The lowest BCUT2D eigenvalue weighted by atomic mass is 9.89. The Bertz CT molecular complexity index is 799. The average molecular weight is 370 g/mol. The summed E-state index contributed by atoms with van der Waals surface area (Å²) in [4.78, 5) is 27.9. The van der Waals surface area contributed by atoms with Gasteiger partial charge in [0.25, 0.3) is 5.91 Å². The van der Waals surface area contributed by atoms with Gasteiger partial charge in [-0.2, -0.15) is 0 Å². The summed E-state index contributed by atoms with van der Waals surface area (Å²) in [6, 6.07) is 17.2. The summed E-state index contributed by atoms with van der Waals surface area (Å²) in [5.74, 6) is 0.366. The van der Waals surface area contributed by atoms with E-state index in [1.165, 1.54) is 15.4 Å². The van der Waals surface area contributed by atoms with Gasteiger partial charge in [-0.3, -0.25) is 9.59 Å². The number of hydrogen-bond acceptors (Lipinski definition) is 2. The predicted molar refractivity (Wildman–Crippen MR) is 101 cm³/mol. The van der Waals surface area contributed by atoms with Gasteiger partial charge in [0.2, 0.25) is 5.91 Å². The van der Waals surface area contributed by atoms with Gasteiger partial charge in [-0.25, -0.2) is 4.90 Å². The molecule has 2 aliphatic rings. The fourth-order valence-electron chi connectivity index (χ4n) is 4.21. The number of likely N-dealkylation sites (tertiary alicyclic amines) is 1. The van der Waals surface area contributed by atoms with E-state index in [0.29, 0.717) is 23.0 Å². The van der Waals surface area contributed by atoms with Crippen LogP contribution in [0.3, 0.4) is 0 Å². The number of quaternary nitrogens is 1. The van der Waals surface area contributed by atoms with Crippen molar-refractivity contribution in [2.75, 3.05) is 18.0 Å². The predicted octanol–water partition coefficient (Wildman–Crippen LogP) is 2.43. The van der Waals surface area contributed by atoms with Crippen molar-refractivity contribution in [2.45, 2.75) is 31.2 Å². The number of amides is 2. The van der Waals surface area contributed by atoms with Gasteiger partial charge in [0.05, 0.1) is 25.2 Å². The Morgan fingerprint density at radius 3 is 2.23 bits per heavy atom. The maximum atomic E-state index is 12.9. The second kappa shape index (κ2) is 7.22. The Hall–Kier alpha value is -2.17. The number of rotatable bonds is 3. The van der Waals surface area contributed by atoms with Crippen molar-refractivity contribution in [2.24, 2.45) is 0 Å². The number of benzene rings is 2. The molecule has 2 aromatic rings. The van der Waals surface area contributed by atoms with Crippen LogP contribution in [0.5, 0.6) is 0 Å². The Kier molecular flexibility index (Phi) is 4.79. The topological polar surface area (TPSA) is 41.8 Å². The molecule has 26 heavy (non-hydrogen) atoms. The molecule has 4 rings (SSSR count). The Morgan fingerprint density at radius 1 is 0.923 bits per heavy atom. The molecule has 1 N–H and O–H groups in total. The molecule has 1 atom stereocenters. The highest BCUT2D eigenvalue weighted by atomic mass is 35.5. The third-order valence-corrected chi connectivity index (χ3v) is 5.88. The van der Waals surface area contributed by atoms with Crippen molar-refractivity contribution >= 4 is 29.1 Å². The molecule has 134 valence electrons. The minimum Gasteiger partial charge on any atom is -0.324 e. The molecule has 0 aliphatic carbocycles. The molecule has 2 aliphatic heterocycles. The van der Waals surface area contributed by atoms with Gasteiger partial charge >= 0.3 is 0 Å². The van der Waals surface area contributed by atoms with Crippen LogP contribution in [0.2, 0.25) is 5.02 Å². The van der Waals surface area contributed by atoms with Crippen LogP contribution in [0.25, 0.3) is 0 Å². The van der Waals surface area contributed by atoms with Crippen LogP contribution in [0.4, 0.5) is 5.69 Å². The number of carbonyl (C=O) groups is 2. The molecule has 2 amide bonds. The maximum Gasteiger partial charge on any atom is 0.292 e. The van der Waals surface area contributed by atoms with Crippen molar-refractivity contribution < 1.29 is 14.5 Å². The molecule has 0 saturated carbocycles. The van der Waals surface area contributed by atoms with Crippen molar-refractivity contribution in [1.29, 1.82) is 0 Å². The highest BCUT2D eigenvalue weighted by Gasteiger charge is 2.46. The van der Waals surface area contributed by atoms with Crippen LogP contribution in [0.1, 0.15) is 30.7 Å². The lowest BCUT2D eigenvalue weighted by Crippen LogP contribution is -3.17. The smallest absolute Gasteiger partial charge is 0.292 e. The van der Waals surface area contributed by atoms with Gasteiger partial charge in [-0.15, -0.1) is 0 Å². The number of nitrogens with one attached hydrogen (secondary N) is 1. The summed E-state index contributed by atoms with van der Waals surface area (Å²) in [6.45, 7) is 1.86. The van der Waals surface area contributed by atoms with E-state index >= 15 is 0 Å². The third kappa shape index (κ3) is 3.27. The van der Waals surface area contributed by atoms with Crippen molar-refractivity contribution in [1.82, 2.24) is 0 Å². The van der Waals surface area contributed by atoms with Gasteiger partial charge in [0.15, 0.2) is 6.04 Å². The zero-order chi connectivity index (χ0) is 18.1. The number of hydrogen-bond donors (Lipinski definition) is 1. The summed E-state index contributed by atoms with van der Waals surface area (Å²) >= 11 is 5.91. The maximum absolute atomic E-state index is 12.9. The first kappa shape index (κ1) is 17.3. The summed E-state index contributed by atoms with van der Waals surface area (Å²) in [7, 11) is 0. The summed E-state index contributed by atoms with van der Waals surface area (Å²) in [5.41, 5.74) is 1.99. The highest BCUT2D eigenvalue weighted by Crippen LogP contribution is 2.26. The van der Waals surface area contributed by atoms with E-state index in [4.69, 9.17) is 11.6 Å². The summed E-state index contributed by atoms with van der Waals surface area (Å²) < 4.78 is 0. The molecule has 0 radical (unpaired) electrons. The SMILES string of the molecule is O=C1C[C@@H]([NH+]2CCC(c3ccccc3)CC2)C(=O)N1c1ccc(Cl)cc1. The molecule has 2 fully saturated rings. The van der Waals surface area contributed by atoms with E-state index in [-0.39, 0.29) is 17.9 Å². The molecule has 4 nitrogen and oxygen atoms in total.